The molecular weight excluding hydrogens is 266 g/mol. The average molecular weight is 283 g/mol. The number of rotatable bonds is 3. The summed E-state index contributed by atoms with van der Waals surface area (Å²) in [5.41, 5.74) is 0.489. The highest BCUT2D eigenvalue weighted by Crippen LogP contribution is 2.13. The van der Waals surface area contributed by atoms with Crippen molar-refractivity contribution in [3.05, 3.63) is 23.9 Å². The minimum Gasteiger partial charge on any atom is -0.363 e. The van der Waals surface area contributed by atoms with Crippen LogP contribution in [0, 0.1) is 0 Å². The molecule has 19 heavy (non-hydrogen) atoms. The van der Waals surface area contributed by atoms with Crippen LogP contribution < -0.4 is 10.2 Å². The van der Waals surface area contributed by atoms with E-state index in [2.05, 4.69) is 10.3 Å². The molecule has 1 aromatic heterocycles. The Morgan fingerprint density at radius 3 is 2.79 bits per heavy atom. The normalized spacial score (nSPS) is 21.1. The molecule has 104 valence electrons. The van der Waals surface area contributed by atoms with Crippen molar-refractivity contribution in [3.63, 3.8) is 0 Å². The molecule has 1 aliphatic heterocycles. The molecule has 7 heteroatoms. The van der Waals surface area contributed by atoms with Crippen LogP contribution in [0.4, 0.5) is 5.82 Å². The summed E-state index contributed by atoms with van der Waals surface area (Å²) in [6, 6.07) is 3.01. The van der Waals surface area contributed by atoms with E-state index in [0.717, 1.165) is 0 Å². The van der Waals surface area contributed by atoms with E-state index in [1.807, 2.05) is 14.1 Å². The molecule has 1 aromatic rings. The van der Waals surface area contributed by atoms with Crippen LogP contribution in [-0.4, -0.2) is 51.0 Å². The lowest BCUT2D eigenvalue weighted by atomic mass is 10.2. The Morgan fingerprint density at radius 2 is 2.21 bits per heavy atom. The van der Waals surface area contributed by atoms with Crippen LogP contribution >= 0.6 is 0 Å². The predicted molar refractivity (Wildman–Crippen MR) is 73.1 cm³/mol. The molecule has 6 nitrogen and oxygen atoms in total. The average Bonchev–Trinajstić information content (AvgIpc) is 2.68. The number of carbonyl (C=O) groups is 1. The Balaban J connectivity index is 2.06. The van der Waals surface area contributed by atoms with Crippen molar-refractivity contribution in [2.75, 3.05) is 30.5 Å². The molecule has 0 saturated carbocycles. The molecule has 2 rings (SSSR count). The van der Waals surface area contributed by atoms with Gasteiger partial charge in [0.25, 0.3) is 5.91 Å². The zero-order valence-electron chi connectivity index (χ0n) is 11.0. The molecule has 1 aliphatic rings. The largest absolute Gasteiger partial charge is 0.363 e. The molecule has 1 atom stereocenters. The molecule has 0 radical (unpaired) electrons. The highest BCUT2D eigenvalue weighted by atomic mass is 32.2. The topological polar surface area (TPSA) is 79.4 Å². The van der Waals surface area contributed by atoms with Gasteiger partial charge in [-0.15, -0.1) is 0 Å². The molecule has 0 unspecified atom stereocenters. The number of hydrogen-bond acceptors (Lipinski definition) is 5. The van der Waals surface area contributed by atoms with Crippen LogP contribution in [-0.2, 0) is 9.84 Å². The van der Waals surface area contributed by atoms with E-state index in [0.29, 0.717) is 17.8 Å². The fourth-order valence-electron chi connectivity index (χ4n) is 1.98. The third-order valence-electron chi connectivity index (χ3n) is 3.03. The van der Waals surface area contributed by atoms with Crippen molar-refractivity contribution < 1.29 is 13.2 Å². The van der Waals surface area contributed by atoms with Gasteiger partial charge in [-0.3, -0.25) is 4.79 Å². The van der Waals surface area contributed by atoms with Gasteiger partial charge in [-0.25, -0.2) is 13.4 Å². The SMILES string of the molecule is CN(C)c1cc(C(=O)N[C@H]2CCS(=O)(=O)C2)ccn1. The Kier molecular flexibility index (Phi) is 3.75. The molecule has 0 spiro atoms. The van der Waals surface area contributed by atoms with E-state index in [1.165, 1.54) is 0 Å². The summed E-state index contributed by atoms with van der Waals surface area (Å²) >= 11 is 0. The smallest absolute Gasteiger partial charge is 0.251 e. The molecular formula is C12H17N3O3S. The van der Waals surface area contributed by atoms with E-state index in [9.17, 15) is 13.2 Å². The summed E-state index contributed by atoms with van der Waals surface area (Å²) in [5, 5.41) is 2.75. The van der Waals surface area contributed by atoms with Gasteiger partial charge in [0.15, 0.2) is 9.84 Å². The van der Waals surface area contributed by atoms with Crippen molar-refractivity contribution >= 4 is 21.6 Å². The third kappa shape index (κ3) is 3.44. The first kappa shape index (κ1) is 13.8. The lowest BCUT2D eigenvalue weighted by Crippen LogP contribution is -2.35. The van der Waals surface area contributed by atoms with E-state index in [-0.39, 0.29) is 23.5 Å². The second-order valence-electron chi connectivity index (χ2n) is 4.87. The Labute approximate surface area is 112 Å². The third-order valence-corrected chi connectivity index (χ3v) is 4.80. The highest BCUT2D eigenvalue weighted by Gasteiger charge is 2.29. The van der Waals surface area contributed by atoms with Crippen molar-refractivity contribution in [1.82, 2.24) is 10.3 Å². The highest BCUT2D eigenvalue weighted by molar-refractivity contribution is 7.91. The minimum absolute atomic E-state index is 0.0321. The van der Waals surface area contributed by atoms with Crippen molar-refractivity contribution in [1.29, 1.82) is 0 Å². The molecule has 1 amide bonds. The van der Waals surface area contributed by atoms with Gasteiger partial charge in [0.1, 0.15) is 5.82 Å². The summed E-state index contributed by atoms with van der Waals surface area (Å²) in [5.74, 6) is 0.612. The van der Waals surface area contributed by atoms with Crippen molar-refractivity contribution in [3.8, 4) is 0 Å². The first-order valence-corrected chi connectivity index (χ1v) is 7.84. The Bertz CT molecular complexity index is 584. The number of nitrogens with zero attached hydrogens (tertiary/aromatic N) is 2. The van der Waals surface area contributed by atoms with Gasteiger partial charge in [-0.2, -0.15) is 0 Å². The predicted octanol–water partition coefficient (Wildman–Crippen LogP) is 0.0645. The number of hydrogen-bond donors (Lipinski definition) is 1. The monoisotopic (exact) mass is 283 g/mol. The second kappa shape index (κ2) is 5.16. The molecule has 1 N–H and O–H groups in total. The standard InChI is InChI=1S/C12H17N3O3S/c1-15(2)11-7-9(3-5-13-11)12(16)14-10-4-6-19(17,18)8-10/h3,5,7,10H,4,6,8H2,1-2H3,(H,14,16)/t10-/m0/s1. The van der Waals surface area contributed by atoms with Crippen LogP contribution in [0.25, 0.3) is 0 Å². The summed E-state index contributed by atoms with van der Waals surface area (Å²) in [4.78, 5) is 18.0. The van der Waals surface area contributed by atoms with E-state index >= 15 is 0 Å². The van der Waals surface area contributed by atoms with E-state index in [1.54, 1.807) is 23.2 Å². The first-order chi connectivity index (χ1) is 8.87. The summed E-state index contributed by atoms with van der Waals surface area (Å²) in [7, 11) is 0.701. The Hall–Kier alpha value is -1.63. The van der Waals surface area contributed by atoms with Crippen LogP contribution in [0.3, 0.4) is 0 Å². The Morgan fingerprint density at radius 1 is 1.47 bits per heavy atom. The molecule has 1 saturated heterocycles. The van der Waals surface area contributed by atoms with Crippen molar-refractivity contribution in [2.45, 2.75) is 12.5 Å². The summed E-state index contributed by atoms with van der Waals surface area (Å²) in [6.07, 6.45) is 2.05. The molecule has 0 bridgehead atoms. The van der Waals surface area contributed by atoms with Gasteiger partial charge in [0, 0.05) is 31.9 Å². The number of nitrogens with one attached hydrogen (secondary N) is 1. The second-order valence-corrected chi connectivity index (χ2v) is 7.10. The number of anilines is 1. The van der Waals surface area contributed by atoms with E-state index in [4.69, 9.17) is 0 Å². The van der Waals surface area contributed by atoms with Crippen LogP contribution in [0.15, 0.2) is 18.3 Å². The molecule has 0 aromatic carbocycles. The minimum atomic E-state index is -2.98. The van der Waals surface area contributed by atoms with Gasteiger partial charge in [0.2, 0.25) is 0 Å². The molecule has 2 heterocycles. The fraction of sp³-hybridized carbons (Fsp3) is 0.500. The van der Waals surface area contributed by atoms with Gasteiger partial charge in [-0.05, 0) is 18.6 Å². The number of aromatic nitrogens is 1. The number of pyridine rings is 1. The maximum absolute atomic E-state index is 12.0. The zero-order valence-corrected chi connectivity index (χ0v) is 11.8. The number of carbonyl (C=O) groups excluding carboxylic acids is 1. The van der Waals surface area contributed by atoms with Crippen LogP contribution in [0.1, 0.15) is 16.8 Å². The van der Waals surface area contributed by atoms with E-state index < -0.39 is 9.84 Å². The van der Waals surface area contributed by atoms with Gasteiger partial charge < -0.3 is 10.2 Å². The number of sulfone groups is 1. The quantitative estimate of drug-likeness (QED) is 0.849. The maximum Gasteiger partial charge on any atom is 0.251 e. The van der Waals surface area contributed by atoms with Crippen LogP contribution in [0.5, 0.6) is 0 Å². The van der Waals surface area contributed by atoms with Gasteiger partial charge in [0.05, 0.1) is 11.5 Å². The molecule has 1 fully saturated rings. The number of amides is 1. The van der Waals surface area contributed by atoms with Gasteiger partial charge in [-0.1, -0.05) is 0 Å². The lowest BCUT2D eigenvalue weighted by molar-refractivity contribution is 0.0941. The first-order valence-electron chi connectivity index (χ1n) is 6.02. The lowest BCUT2D eigenvalue weighted by Gasteiger charge is -2.14. The fourth-order valence-corrected chi connectivity index (χ4v) is 3.66. The van der Waals surface area contributed by atoms with Crippen LogP contribution in [0.2, 0.25) is 0 Å². The maximum atomic E-state index is 12.0. The molecule has 0 aliphatic carbocycles. The van der Waals surface area contributed by atoms with Crippen molar-refractivity contribution in [2.24, 2.45) is 0 Å². The van der Waals surface area contributed by atoms with Gasteiger partial charge >= 0.3 is 0 Å². The zero-order chi connectivity index (χ0) is 14.0. The summed E-state index contributed by atoms with van der Waals surface area (Å²) in [6.45, 7) is 0. The summed E-state index contributed by atoms with van der Waals surface area (Å²) < 4.78 is 22.7.